The summed E-state index contributed by atoms with van der Waals surface area (Å²) in [6.07, 6.45) is 1.58. The Kier molecular flexibility index (Phi) is 7.81. The summed E-state index contributed by atoms with van der Waals surface area (Å²) in [6.45, 7) is 4.06. The molecule has 0 atom stereocenters. The van der Waals surface area contributed by atoms with Gasteiger partial charge >= 0.3 is 0 Å². The summed E-state index contributed by atoms with van der Waals surface area (Å²) >= 11 is 0. The summed E-state index contributed by atoms with van der Waals surface area (Å²) in [7, 11) is -3.64. The van der Waals surface area contributed by atoms with Crippen LogP contribution < -0.4 is 0 Å². The fourth-order valence-corrected chi connectivity index (χ4v) is 5.80. The van der Waals surface area contributed by atoms with Crippen molar-refractivity contribution in [2.24, 2.45) is 0 Å². The second kappa shape index (κ2) is 12.1. The van der Waals surface area contributed by atoms with E-state index >= 15 is 0 Å². The lowest BCUT2D eigenvalue weighted by Gasteiger charge is -2.34. The van der Waals surface area contributed by atoms with Crippen LogP contribution in [0.5, 0.6) is 0 Å². The Hall–Kier alpha value is -3.55. The van der Waals surface area contributed by atoms with E-state index in [1.807, 2.05) is 44.2 Å². The molecule has 5 rings (SSSR count). The average molecular weight is 518 g/mol. The fourth-order valence-electron chi connectivity index (χ4n) is 4.27. The molecular formula is C30H33N3O3S. The first-order chi connectivity index (χ1) is 18.8. The lowest BCUT2D eigenvalue weighted by atomic mass is 10.1. The molecule has 0 spiro atoms. The van der Waals surface area contributed by atoms with Crippen molar-refractivity contribution in [1.82, 2.24) is 14.8 Å². The molecule has 6 nitrogen and oxygen atoms in total. The van der Waals surface area contributed by atoms with Gasteiger partial charge in [0, 0.05) is 52.6 Å². The zero-order valence-electron chi connectivity index (χ0n) is 23.2. The molecule has 1 fully saturated rings. The third-order valence-electron chi connectivity index (χ3n) is 6.12. The number of carbonyl (C=O) groups excluding carboxylic acids is 1. The lowest BCUT2D eigenvalue weighted by Crippen LogP contribution is -2.48. The van der Waals surface area contributed by atoms with Crippen LogP contribution in [0, 0.1) is 0 Å². The molecule has 0 N–H and O–H groups in total. The molecule has 0 radical (unpaired) electrons. The Balaban J connectivity index is 0.00000172. The van der Waals surface area contributed by atoms with Crippen molar-refractivity contribution >= 4 is 26.6 Å². The lowest BCUT2D eigenvalue weighted by molar-refractivity contribution is 0.0628. The first kappa shape index (κ1) is 23.8. The van der Waals surface area contributed by atoms with Crippen LogP contribution in [0.3, 0.4) is 0 Å². The van der Waals surface area contributed by atoms with E-state index in [1.54, 1.807) is 70.6 Å². The van der Waals surface area contributed by atoms with Crippen molar-refractivity contribution in [2.45, 2.75) is 31.0 Å². The molecule has 1 amide bonds. The monoisotopic (exact) mass is 517 g/mol. The molecule has 3 aromatic carbocycles. The molecule has 0 saturated carbocycles. The number of carbonyl (C=O) groups is 1. The van der Waals surface area contributed by atoms with Crippen molar-refractivity contribution in [3.63, 3.8) is 0 Å². The third-order valence-corrected chi connectivity index (χ3v) is 7.83. The van der Waals surface area contributed by atoms with E-state index < -0.39 is 16.3 Å². The van der Waals surface area contributed by atoms with E-state index in [0.29, 0.717) is 48.4 Å². The number of piperazine rings is 1. The highest BCUT2D eigenvalue weighted by molar-refractivity contribution is 7.90. The van der Waals surface area contributed by atoms with Crippen molar-refractivity contribution in [3.05, 3.63) is 108 Å². The molecule has 37 heavy (non-hydrogen) atoms. The minimum absolute atomic E-state index is 0.146. The van der Waals surface area contributed by atoms with E-state index in [4.69, 9.17) is 2.74 Å². The minimum Gasteiger partial charge on any atom is -0.336 e. The van der Waals surface area contributed by atoms with Gasteiger partial charge in [-0.05, 0) is 35.4 Å². The van der Waals surface area contributed by atoms with Crippen LogP contribution in [0.25, 0.3) is 10.9 Å². The number of sulfone groups is 1. The van der Waals surface area contributed by atoms with Gasteiger partial charge in [-0.3, -0.25) is 14.7 Å². The van der Waals surface area contributed by atoms with Gasteiger partial charge < -0.3 is 4.90 Å². The van der Waals surface area contributed by atoms with Crippen LogP contribution in [0.1, 0.15) is 38.1 Å². The maximum atomic E-state index is 13.1. The van der Waals surface area contributed by atoms with Gasteiger partial charge in [0.1, 0.15) is 0 Å². The van der Waals surface area contributed by atoms with Gasteiger partial charge in [-0.15, -0.1) is 0 Å². The summed E-state index contributed by atoms with van der Waals surface area (Å²) in [5.41, 5.74) is 2.12. The second-order valence-electron chi connectivity index (χ2n) is 8.54. The number of rotatable bonds is 6. The fraction of sp³-hybridized carbons (Fsp3) is 0.267. The second-order valence-corrected chi connectivity index (χ2v) is 10.5. The standard InChI is InChI=1S/C28H27N3O3S.C2H6/c32-28(31-18-16-30(17-19-31)20-22-6-2-1-3-7-22)25-13-11-23(12-14-25)21-35(33,34)26-10-4-8-24-9-5-15-29-27(24)26;1-2/h1-15H,16-21H2;1-2H3/i20D2;. The molecule has 1 aliphatic heterocycles. The van der Waals surface area contributed by atoms with E-state index in [0.717, 1.165) is 5.39 Å². The van der Waals surface area contributed by atoms with Crippen molar-refractivity contribution < 1.29 is 16.0 Å². The number of benzene rings is 3. The van der Waals surface area contributed by atoms with Gasteiger partial charge in [-0.25, -0.2) is 8.42 Å². The topological polar surface area (TPSA) is 70.6 Å². The predicted octanol–water partition coefficient (Wildman–Crippen LogP) is 5.19. The highest BCUT2D eigenvalue weighted by atomic mass is 32.2. The summed E-state index contributed by atoms with van der Waals surface area (Å²) in [4.78, 5) is 21.0. The normalized spacial score (nSPS) is 15.4. The Labute approximate surface area is 222 Å². The van der Waals surface area contributed by atoms with Crippen LogP contribution in [0.4, 0.5) is 0 Å². The smallest absolute Gasteiger partial charge is 0.253 e. The minimum atomic E-state index is -3.64. The molecule has 0 bridgehead atoms. The highest BCUT2D eigenvalue weighted by Gasteiger charge is 2.23. The quantitative estimate of drug-likeness (QED) is 0.352. The molecule has 1 saturated heterocycles. The number of pyridine rings is 1. The molecule has 2 heterocycles. The Morgan fingerprint density at radius 3 is 2.22 bits per heavy atom. The number of aromatic nitrogens is 1. The molecule has 192 valence electrons. The number of amides is 1. The third kappa shape index (κ3) is 6.42. The Morgan fingerprint density at radius 1 is 0.838 bits per heavy atom. The number of fused-ring (bicyclic) bond motifs is 1. The number of nitrogens with zero attached hydrogens (tertiary/aromatic N) is 3. The van der Waals surface area contributed by atoms with Gasteiger partial charge in [0.15, 0.2) is 9.84 Å². The van der Waals surface area contributed by atoms with E-state index in [2.05, 4.69) is 4.98 Å². The largest absolute Gasteiger partial charge is 0.336 e. The maximum absolute atomic E-state index is 13.1. The van der Waals surface area contributed by atoms with Crippen LogP contribution in [-0.4, -0.2) is 55.3 Å². The molecule has 1 aliphatic rings. The van der Waals surface area contributed by atoms with Crippen LogP contribution in [0.2, 0.25) is 0 Å². The number of hydrogen-bond acceptors (Lipinski definition) is 5. The molecule has 7 heteroatoms. The highest BCUT2D eigenvalue weighted by Crippen LogP contribution is 2.24. The SMILES string of the molecule is CC.[2H]C([2H])(c1ccccc1)N1CCN(C(=O)c2ccc(CS(=O)(=O)c3cccc4cccnc34)cc2)CC1. The van der Waals surface area contributed by atoms with Crippen LogP contribution in [0.15, 0.2) is 96.0 Å². The zero-order chi connectivity index (χ0) is 28.0. The van der Waals surface area contributed by atoms with Gasteiger partial charge in [0.25, 0.3) is 5.91 Å². The van der Waals surface area contributed by atoms with E-state index in [-0.39, 0.29) is 16.6 Å². The number of para-hydroxylation sites is 1. The van der Waals surface area contributed by atoms with Gasteiger partial charge in [-0.2, -0.15) is 0 Å². The summed E-state index contributed by atoms with van der Waals surface area (Å²) in [5, 5.41) is 0.765. The van der Waals surface area contributed by atoms with Crippen molar-refractivity contribution in [1.29, 1.82) is 0 Å². The molecule has 4 aromatic rings. The van der Waals surface area contributed by atoms with Crippen molar-refractivity contribution in [2.75, 3.05) is 26.2 Å². The predicted molar refractivity (Wildman–Crippen MR) is 148 cm³/mol. The first-order valence-corrected chi connectivity index (χ1v) is 14.2. The van der Waals surface area contributed by atoms with Gasteiger partial charge in [0.05, 0.1) is 16.2 Å². The number of hydrogen-bond donors (Lipinski definition) is 0. The van der Waals surface area contributed by atoms with E-state index in [9.17, 15) is 13.2 Å². The molecule has 1 aromatic heterocycles. The molecular weight excluding hydrogens is 482 g/mol. The first-order valence-electron chi connectivity index (χ1n) is 13.5. The Bertz CT molecular complexity index is 1520. The van der Waals surface area contributed by atoms with Gasteiger partial charge in [-0.1, -0.05) is 74.5 Å². The summed E-state index contributed by atoms with van der Waals surface area (Å²) in [5.74, 6) is -0.336. The van der Waals surface area contributed by atoms with Crippen molar-refractivity contribution in [3.8, 4) is 0 Å². The Morgan fingerprint density at radius 2 is 1.51 bits per heavy atom. The summed E-state index contributed by atoms with van der Waals surface area (Å²) < 4.78 is 43.4. The average Bonchev–Trinajstić information content (AvgIpc) is 2.98. The van der Waals surface area contributed by atoms with E-state index in [1.165, 1.54) is 0 Å². The van der Waals surface area contributed by atoms with Crippen LogP contribution in [-0.2, 0) is 22.1 Å². The molecule has 0 aliphatic carbocycles. The van der Waals surface area contributed by atoms with Gasteiger partial charge in [0.2, 0.25) is 0 Å². The zero-order valence-corrected chi connectivity index (χ0v) is 22.0. The van der Waals surface area contributed by atoms with Crippen LogP contribution >= 0.6 is 0 Å². The molecule has 0 unspecified atom stereocenters. The maximum Gasteiger partial charge on any atom is 0.253 e. The summed E-state index contributed by atoms with van der Waals surface area (Å²) in [6, 6.07) is 24.4.